The van der Waals surface area contributed by atoms with Crippen LogP contribution in [0, 0.1) is 0 Å². The highest BCUT2D eigenvalue weighted by molar-refractivity contribution is 5.82. The minimum absolute atomic E-state index is 0.132. The molecule has 5 heteroatoms. The molecule has 3 aromatic rings. The summed E-state index contributed by atoms with van der Waals surface area (Å²) in [5.74, 6) is 1.41. The van der Waals surface area contributed by atoms with Crippen molar-refractivity contribution in [2.45, 2.75) is 18.9 Å². The molecule has 0 saturated carbocycles. The number of nitrogens with zero attached hydrogens (tertiary/aromatic N) is 1. The molecule has 0 fully saturated rings. The first-order valence-electron chi connectivity index (χ1n) is 9.52. The summed E-state index contributed by atoms with van der Waals surface area (Å²) in [4.78, 5) is 17.0. The second-order valence-electron chi connectivity index (χ2n) is 6.36. The quantitative estimate of drug-likeness (QED) is 0.521. The van der Waals surface area contributed by atoms with Gasteiger partial charge in [-0.2, -0.15) is 0 Å². The third-order valence-corrected chi connectivity index (χ3v) is 4.21. The van der Waals surface area contributed by atoms with Gasteiger partial charge in [0.05, 0.1) is 0 Å². The number of unbranched alkanes of at least 4 members (excludes halogenated alkanes) is 1. The highest BCUT2D eigenvalue weighted by Crippen LogP contribution is 2.22. The van der Waals surface area contributed by atoms with Crippen LogP contribution in [0.5, 0.6) is 5.75 Å². The molecular formula is C23H25N3O2. The lowest BCUT2D eigenvalue weighted by Gasteiger charge is -2.19. The summed E-state index contributed by atoms with van der Waals surface area (Å²) in [7, 11) is 0. The predicted octanol–water partition coefficient (Wildman–Crippen LogP) is 4.21. The molecule has 0 aliphatic rings. The Hall–Kier alpha value is -3.34. The van der Waals surface area contributed by atoms with E-state index < -0.39 is 6.10 Å². The fourth-order valence-corrected chi connectivity index (χ4v) is 2.77. The monoisotopic (exact) mass is 375 g/mol. The van der Waals surface area contributed by atoms with E-state index in [1.807, 2.05) is 78.9 Å². The first-order chi connectivity index (χ1) is 13.8. The fraction of sp³-hybridized carbons (Fsp3) is 0.217. The molecule has 0 bridgehead atoms. The van der Waals surface area contributed by atoms with Gasteiger partial charge in [0.25, 0.3) is 5.91 Å². The standard InChI is InChI=1S/C23H25N3O2/c27-23(26-18-10-9-17-25-21-15-7-8-16-24-21)22(19-11-3-1-4-12-19)28-20-13-5-2-6-14-20/h1-8,11-16,22H,9-10,17-18H2,(H,24,25)(H,26,27). The van der Waals surface area contributed by atoms with Crippen LogP contribution in [0.25, 0.3) is 0 Å². The number of para-hydroxylation sites is 1. The largest absolute Gasteiger partial charge is 0.476 e. The highest BCUT2D eigenvalue weighted by atomic mass is 16.5. The molecule has 1 amide bonds. The van der Waals surface area contributed by atoms with Crippen LogP contribution in [0.1, 0.15) is 24.5 Å². The van der Waals surface area contributed by atoms with Gasteiger partial charge in [0.2, 0.25) is 6.10 Å². The van der Waals surface area contributed by atoms with Crippen LogP contribution in [0.15, 0.2) is 85.1 Å². The van der Waals surface area contributed by atoms with E-state index in [2.05, 4.69) is 15.6 Å². The van der Waals surface area contributed by atoms with Crippen molar-refractivity contribution in [2.24, 2.45) is 0 Å². The fourth-order valence-electron chi connectivity index (χ4n) is 2.77. The maximum atomic E-state index is 12.7. The molecule has 0 aliphatic carbocycles. The summed E-state index contributed by atoms with van der Waals surface area (Å²) < 4.78 is 5.97. The molecule has 144 valence electrons. The summed E-state index contributed by atoms with van der Waals surface area (Å²) >= 11 is 0. The van der Waals surface area contributed by atoms with E-state index in [9.17, 15) is 4.79 Å². The van der Waals surface area contributed by atoms with Crippen molar-refractivity contribution in [1.82, 2.24) is 10.3 Å². The molecule has 2 N–H and O–H groups in total. The molecule has 2 aromatic carbocycles. The number of carbonyl (C=O) groups is 1. The van der Waals surface area contributed by atoms with E-state index in [-0.39, 0.29) is 5.91 Å². The third kappa shape index (κ3) is 6.13. The van der Waals surface area contributed by atoms with Crippen molar-refractivity contribution in [3.05, 3.63) is 90.6 Å². The maximum absolute atomic E-state index is 12.7. The lowest BCUT2D eigenvalue weighted by molar-refractivity contribution is -0.128. The molecular weight excluding hydrogens is 350 g/mol. The lowest BCUT2D eigenvalue weighted by Crippen LogP contribution is -2.33. The molecule has 0 saturated heterocycles. The zero-order valence-corrected chi connectivity index (χ0v) is 15.8. The Morgan fingerprint density at radius 3 is 2.25 bits per heavy atom. The van der Waals surface area contributed by atoms with Crippen LogP contribution < -0.4 is 15.4 Å². The number of hydrogen-bond acceptors (Lipinski definition) is 4. The van der Waals surface area contributed by atoms with Crippen LogP contribution >= 0.6 is 0 Å². The highest BCUT2D eigenvalue weighted by Gasteiger charge is 2.22. The normalized spacial score (nSPS) is 11.4. The maximum Gasteiger partial charge on any atom is 0.265 e. The Morgan fingerprint density at radius 1 is 0.857 bits per heavy atom. The Bertz CT molecular complexity index is 826. The van der Waals surface area contributed by atoms with Gasteiger partial charge >= 0.3 is 0 Å². The zero-order valence-electron chi connectivity index (χ0n) is 15.8. The SMILES string of the molecule is O=C(NCCCCNc1ccccn1)C(Oc1ccccc1)c1ccccc1. The van der Waals surface area contributed by atoms with Crippen LogP contribution in [-0.4, -0.2) is 24.0 Å². The van der Waals surface area contributed by atoms with Gasteiger partial charge in [-0.3, -0.25) is 4.79 Å². The minimum Gasteiger partial charge on any atom is -0.476 e. The molecule has 1 atom stereocenters. The molecule has 1 aromatic heterocycles. The molecule has 28 heavy (non-hydrogen) atoms. The third-order valence-electron chi connectivity index (χ3n) is 4.21. The number of carbonyl (C=O) groups excluding carboxylic acids is 1. The number of aromatic nitrogens is 1. The Labute approximate surface area is 165 Å². The summed E-state index contributed by atoms with van der Waals surface area (Å²) in [5.41, 5.74) is 0.834. The van der Waals surface area contributed by atoms with Crippen molar-refractivity contribution >= 4 is 11.7 Å². The molecule has 0 radical (unpaired) electrons. The van der Waals surface area contributed by atoms with Crippen LogP contribution in [-0.2, 0) is 4.79 Å². The van der Waals surface area contributed by atoms with Crippen molar-refractivity contribution < 1.29 is 9.53 Å². The van der Waals surface area contributed by atoms with Gasteiger partial charge in [0, 0.05) is 24.8 Å². The zero-order chi connectivity index (χ0) is 19.4. The second kappa shape index (κ2) is 10.7. The average molecular weight is 375 g/mol. The number of hydrogen-bond donors (Lipinski definition) is 2. The average Bonchev–Trinajstić information content (AvgIpc) is 2.76. The van der Waals surface area contributed by atoms with Crippen molar-refractivity contribution in [1.29, 1.82) is 0 Å². The smallest absolute Gasteiger partial charge is 0.265 e. The second-order valence-corrected chi connectivity index (χ2v) is 6.36. The van der Waals surface area contributed by atoms with Gasteiger partial charge in [-0.15, -0.1) is 0 Å². The van der Waals surface area contributed by atoms with Crippen LogP contribution in [0.2, 0.25) is 0 Å². The van der Waals surface area contributed by atoms with Gasteiger partial charge in [0.1, 0.15) is 11.6 Å². The molecule has 0 spiro atoms. The number of ether oxygens (including phenoxy) is 1. The molecule has 1 heterocycles. The number of rotatable bonds is 10. The summed E-state index contributed by atoms with van der Waals surface area (Å²) in [6, 6.07) is 24.8. The Morgan fingerprint density at radius 2 is 1.54 bits per heavy atom. The predicted molar refractivity (Wildman–Crippen MR) is 111 cm³/mol. The number of amides is 1. The number of benzene rings is 2. The van der Waals surface area contributed by atoms with Gasteiger partial charge in [-0.1, -0.05) is 54.6 Å². The molecule has 1 unspecified atom stereocenters. The first-order valence-corrected chi connectivity index (χ1v) is 9.52. The van der Waals surface area contributed by atoms with Crippen molar-refractivity contribution in [2.75, 3.05) is 18.4 Å². The number of anilines is 1. The van der Waals surface area contributed by atoms with Gasteiger partial charge in [-0.25, -0.2) is 4.98 Å². The number of nitrogens with one attached hydrogen (secondary N) is 2. The van der Waals surface area contributed by atoms with E-state index in [4.69, 9.17) is 4.74 Å². The molecule has 5 nitrogen and oxygen atoms in total. The summed E-state index contributed by atoms with van der Waals surface area (Å²) in [5, 5.41) is 6.26. The topological polar surface area (TPSA) is 63.2 Å². The summed E-state index contributed by atoms with van der Waals surface area (Å²) in [6.07, 6.45) is 2.90. The van der Waals surface area contributed by atoms with Gasteiger partial charge in [0.15, 0.2) is 0 Å². The van der Waals surface area contributed by atoms with Crippen LogP contribution in [0.4, 0.5) is 5.82 Å². The van der Waals surface area contributed by atoms with E-state index in [0.29, 0.717) is 12.3 Å². The molecule has 0 aliphatic heterocycles. The van der Waals surface area contributed by atoms with E-state index in [1.54, 1.807) is 6.20 Å². The lowest BCUT2D eigenvalue weighted by atomic mass is 10.1. The Kier molecular flexibility index (Phi) is 7.44. The van der Waals surface area contributed by atoms with E-state index in [1.165, 1.54) is 0 Å². The Balaban J connectivity index is 1.47. The van der Waals surface area contributed by atoms with Crippen LogP contribution in [0.3, 0.4) is 0 Å². The summed E-state index contributed by atoms with van der Waals surface area (Å²) in [6.45, 7) is 1.42. The van der Waals surface area contributed by atoms with E-state index >= 15 is 0 Å². The van der Waals surface area contributed by atoms with Gasteiger partial charge < -0.3 is 15.4 Å². The van der Waals surface area contributed by atoms with Crippen molar-refractivity contribution in [3.8, 4) is 5.75 Å². The number of pyridine rings is 1. The molecule has 3 rings (SSSR count). The first kappa shape index (κ1) is 19.4. The van der Waals surface area contributed by atoms with Gasteiger partial charge in [-0.05, 0) is 37.1 Å². The van der Waals surface area contributed by atoms with E-state index in [0.717, 1.165) is 30.8 Å². The minimum atomic E-state index is -0.671. The van der Waals surface area contributed by atoms with Crippen molar-refractivity contribution in [3.63, 3.8) is 0 Å².